The predicted octanol–water partition coefficient (Wildman–Crippen LogP) is 3.15. The third-order valence-electron chi connectivity index (χ3n) is 4.62. The third kappa shape index (κ3) is 3.57. The van der Waals surface area contributed by atoms with Crippen molar-refractivity contribution in [2.24, 2.45) is 5.92 Å². The molecule has 6 heteroatoms. The molecule has 1 atom stereocenters. The smallest absolute Gasteiger partial charge is 0.303 e. The van der Waals surface area contributed by atoms with Crippen molar-refractivity contribution < 1.29 is 14.7 Å². The van der Waals surface area contributed by atoms with Gasteiger partial charge in [0.25, 0.3) is 5.91 Å². The Hall–Kier alpha value is -2.63. The summed E-state index contributed by atoms with van der Waals surface area (Å²) in [6.07, 6.45) is 3.14. The molecule has 1 N–H and O–H groups in total. The van der Waals surface area contributed by atoms with E-state index in [4.69, 9.17) is 5.11 Å². The minimum Gasteiger partial charge on any atom is -0.481 e. The van der Waals surface area contributed by atoms with Crippen molar-refractivity contribution in [2.75, 3.05) is 11.4 Å². The fraction of sp³-hybridized carbons (Fsp3) is 0.421. The fourth-order valence-electron chi connectivity index (χ4n) is 3.43. The number of hydrogen-bond donors (Lipinski definition) is 1. The van der Waals surface area contributed by atoms with Crippen molar-refractivity contribution in [2.45, 2.75) is 39.2 Å². The maximum absolute atomic E-state index is 13.2. The van der Waals surface area contributed by atoms with Gasteiger partial charge in [0.05, 0.1) is 0 Å². The lowest BCUT2D eigenvalue weighted by atomic mass is 9.89. The van der Waals surface area contributed by atoms with Gasteiger partial charge < -0.3 is 10.0 Å². The van der Waals surface area contributed by atoms with E-state index in [1.165, 1.54) is 0 Å². The number of carbonyl (C=O) groups is 2. The number of amides is 1. The summed E-state index contributed by atoms with van der Waals surface area (Å²) in [4.78, 5) is 25.9. The van der Waals surface area contributed by atoms with Crippen LogP contribution in [0.3, 0.4) is 0 Å². The number of aliphatic carboxylic acids is 1. The summed E-state index contributed by atoms with van der Waals surface area (Å²) in [7, 11) is 0. The van der Waals surface area contributed by atoms with Gasteiger partial charge in [-0.05, 0) is 50.3 Å². The molecule has 6 nitrogen and oxygen atoms in total. The molecule has 2 aromatic rings. The monoisotopic (exact) mass is 341 g/mol. The number of fused-ring (bicyclic) bond motifs is 1. The van der Waals surface area contributed by atoms with Crippen molar-refractivity contribution in [1.82, 2.24) is 9.78 Å². The molecule has 3 rings (SSSR count). The summed E-state index contributed by atoms with van der Waals surface area (Å²) >= 11 is 0. The van der Waals surface area contributed by atoms with Crippen LogP contribution < -0.4 is 4.90 Å². The zero-order chi connectivity index (χ0) is 18.0. The SMILES string of the molecule is CC(C)n1nccc1C(=O)N1CC(CCC(=O)O)Cc2ccccc21. The van der Waals surface area contributed by atoms with Gasteiger partial charge in [-0.1, -0.05) is 18.2 Å². The number of carbonyl (C=O) groups excluding carboxylic acids is 1. The Morgan fingerprint density at radius 1 is 1.28 bits per heavy atom. The van der Waals surface area contributed by atoms with Crippen LogP contribution in [0.2, 0.25) is 0 Å². The average molecular weight is 341 g/mol. The van der Waals surface area contributed by atoms with Crippen LogP contribution in [0.25, 0.3) is 0 Å². The molecule has 132 valence electrons. The van der Waals surface area contributed by atoms with Gasteiger partial charge in [0.2, 0.25) is 0 Å². The van der Waals surface area contributed by atoms with Gasteiger partial charge in [0.15, 0.2) is 0 Å². The number of hydrogen-bond acceptors (Lipinski definition) is 3. The number of anilines is 1. The molecule has 0 radical (unpaired) electrons. The molecular formula is C19H23N3O3. The number of aromatic nitrogens is 2. The second-order valence-corrected chi connectivity index (χ2v) is 6.80. The van der Waals surface area contributed by atoms with Gasteiger partial charge in [-0.3, -0.25) is 14.3 Å². The standard InChI is InChI=1S/C19H23N3O3/c1-13(2)22-17(9-10-20-22)19(25)21-12-14(7-8-18(23)24)11-15-5-3-4-6-16(15)21/h3-6,9-10,13-14H,7-8,11-12H2,1-2H3,(H,23,24). The lowest BCUT2D eigenvalue weighted by Crippen LogP contribution is -2.41. The molecule has 0 saturated heterocycles. The average Bonchev–Trinajstić information content (AvgIpc) is 3.08. The number of benzene rings is 1. The number of para-hydroxylation sites is 1. The van der Waals surface area contributed by atoms with E-state index in [0.29, 0.717) is 18.7 Å². The quantitative estimate of drug-likeness (QED) is 0.906. The second kappa shape index (κ2) is 7.09. The van der Waals surface area contributed by atoms with Gasteiger partial charge in [-0.25, -0.2) is 0 Å². The number of carboxylic acid groups (broad SMARTS) is 1. The molecule has 1 aliphatic rings. The van der Waals surface area contributed by atoms with Crippen LogP contribution in [0.4, 0.5) is 5.69 Å². The predicted molar refractivity (Wildman–Crippen MR) is 94.8 cm³/mol. The van der Waals surface area contributed by atoms with Crippen molar-refractivity contribution in [1.29, 1.82) is 0 Å². The normalized spacial score (nSPS) is 16.8. The van der Waals surface area contributed by atoms with Crippen LogP contribution in [0.1, 0.15) is 48.8 Å². The molecule has 0 spiro atoms. The lowest BCUT2D eigenvalue weighted by Gasteiger charge is -2.34. The highest BCUT2D eigenvalue weighted by Crippen LogP contribution is 2.32. The molecule has 1 amide bonds. The highest BCUT2D eigenvalue weighted by Gasteiger charge is 2.30. The van der Waals surface area contributed by atoms with E-state index < -0.39 is 5.97 Å². The van der Waals surface area contributed by atoms with E-state index in [0.717, 1.165) is 17.7 Å². The Labute approximate surface area is 147 Å². The minimum absolute atomic E-state index is 0.0846. The van der Waals surface area contributed by atoms with Crippen molar-refractivity contribution >= 4 is 17.6 Å². The summed E-state index contributed by atoms with van der Waals surface area (Å²) in [5.41, 5.74) is 2.56. The van der Waals surface area contributed by atoms with Crippen LogP contribution >= 0.6 is 0 Å². The topological polar surface area (TPSA) is 75.4 Å². The molecule has 0 bridgehead atoms. The van der Waals surface area contributed by atoms with E-state index in [-0.39, 0.29) is 24.3 Å². The van der Waals surface area contributed by atoms with Gasteiger partial charge in [-0.15, -0.1) is 0 Å². The first-order valence-corrected chi connectivity index (χ1v) is 8.62. The largest absolute Gasteiger partial charge is 0.481 e. The van der Waals surface area contributed by atoms with Crippen LogP contribution in [0.15, 0.2) is 36.5 Å². The molecule has 0 fully saturated rings. The van der Waals surface area contributed by atoms with Gasteiger partial charge in [0, 0.05) is 30.9 Å². The molecule has 0 saturated carbocycles. The van der Waals surface area contributed by atoms with E-state index in [9.17, 15) is 9.59 Å². The Kier molecular flexibility index (Phi) is 4.88. The maximum atomic E-state index is 13.2. The third-order valence-corrected chi connectivity index (χ3v) is 4.62. The fourth-order valence-corrected chi connectivity index (χ4v) is 3.43. The van der Waals surface area contributed by atoms with E-state index in [2.05, 4.69) is 5.10 Å². The zero-order valence-corrected chi connectivity index (χ0v) is 14.6. The highest BCUT2D eigenvalue weighted by atomic mass is 16.4. The molecule has 1 aliphatic heterocycles. The van der Waals surface area contributed by atoms with E-state index in [1.807, 2.05) is 38.1 Å². The van der Waals surface area contributed by atoms with Gasteiger partial charge in [0.1, 0.15) is 5.69 Å². The Morgan fingerprint density at radius 3 is 2.76 bits per heavy atom. The summed E-state index contributed by atoms with van der Waals surface area (Å²) in [5.74, 6) is -0.737. The van der Waals surface area contributed by atoms with Crippen LogP contribution in [0.5, 0.6) is 0 Å². The van der Waals surface area contributed by atoms with Crippen molar-refractivity contribution in [3.8, 4) is 0 Å². The van der Waals surface area contributed by atoms with E-state index >= 15 is 0 Å². The molecule has 0 aliphatic carbocycles. The second-order valence-electron chi connectivity index (χ2n) is 6.80. The molecule has 2 heterocycles. The summed E-state index contributed by atoms with van der Waals surface area (Å²) in [5, 5.41) is 13.2. The van der Waals surface area contributed by atoms with Crippen LogP contribution in [-0.2, 0) is 11.2 Å². The Morgan fingerprint density at radius 2 is 2.04 bits per heavy atom. The Balaban J connectivity index is 1.91. The zero-order valence-electron chi connectivity index (χ0n) is 14.6. The summed E-state index contributed by atoms with van der Waals surface area (Å²) in [6, 6.07) is 9.69. The number of carboxylic acids is 1. The lowest BCUT2D eigenvalue weighted by molar-refractivity contribution is -0.137. The Bertz CT molecular complexity index is 782. The molecular weight excluding hydrogens is 318 g/mol. The van der Waals surface area contributed by atoms with Crippen LogP contribution in [0, 0.1) is 5.92 Å². The highest BCUT2D eigenvalue weighted by molar-refractivity contribution is 6.05. The number of nitrogens with zero attached hydrogens (tertiary/aromatic N) is 3. The van der Waals surface area contributed by atoms with Crippen LogP contribution in [-0.4, -0.2) is 33.3 Å². The first-order chi connectivity index (χ1) is 12.0. The van der Waals surface area contributed by atoms with Crippen molar-refractivity contribution in [3.05, 3.63) is 47.8 Å². The van der Waals surface area contributed by atoms with E-state index in [1.54, 1.807) is 21.8 Å². The maximum Gasteiger partial charge on any atom is 0.303 e. The number of rotatable bonds is 5. The molecule has 1 aromatic carbocycles. The summed E-state index contributed by atoms with van der Waals surface area (Å²) < 4.78 is 1.73. The molecule has 1 aromatic heterocycles. The van der Waals surface area contributed by atoms with Crippen molar-refractivity contribution in [3.63, 3.8) is 0 Å². The van der Waals surface area contributed by atoms with Gasteiger partial charge in [-0.2, -0.15) is 5.10 Å². The minimum atomic E-state index is -0.797. The summed E-state index contributed by atoms with van der Waals surface area (Å²) in [6.45, 7) is 4.51. The first kappa shape index (κ1) is 17.2. The molecule has 1 unspecified atom stereocenters. The van der Waals surface area contributed by atoms with Gasteiger partial charge >= 0.3 is 5.97 Å². The molecule has 25 heavy (non-hydrogen) atoms. The first-order valence-electron chi connectivity index (χ1n) is 8.62.